The Bertz CT molecular complexity index is 1010. The Morgan fingerprint density at radius 2 is 1.84 bits per heavy atom. The van der Waals surface area contributed by atoms with Crippen molar-refractivity contribution in [2.45, 2.75) is 20.0 Å². The molecule has 31 heavy (non-hydrogen) atoms. The fourth-order valence-corrected chi connectivity index (χ4v) is 4.06. The van der Waals surface area contributed by atoms with Crippen LogP contribution in [0.15, 0.2) is 41.3 Å². The number of ether oxygens (including phenoxy) is 3. The van der Waals surface area contributed by atoms with Crippen LogP contribution in [0.5, 0.6) is 17.2 Å². The Hall–Kier alpha value is -2.35. The van der Waals surface area contributed by atoms with Crippen molar-refractivity contribution in [2.75, 3.05) is 20.3 Å². The number of rotatable bonds is 8. The van der Waals surface area contributed by atoms with Gasteiger partial charge in [0.05, 0.1) is 29.7 Å². The second kappa shape index (κ2) is 10.3. The highest BCUT2D eigenvalue weighted by atomic mass is 35.5. The predicted molar refractivity (Wildman–Crippen MR) is 123 cm³/mol. The van der Waals surface area contributed by atoms with E-state index >= 15 is 0 Å². The Kier molecular flexibility index (Phi) is 7.75. The molecular weight excluding hydrogens is 461 g/mol. The molecule has 0 radical (unpaired) electrons. The maximum Gasteiger partial charge on any atom is 0.293 e. The van der Waals surface area contributed by atoms with E-state index < -0.39 is 0 Å². The van der Waals surface area contributed by atoms with E-state index in [1.807, 2.05) is 13.8 Å². The molecule has 0 bridgehead atoms. The first-order valence-electron chi connectivity index (χ1n) is 9.46. The fourth-order valence-electron chi connectivity index (χ4n) is 2.80. The zero-order valence-electron chi connectivity index (χ0n) is 17.2. The molecule has 0 atom stereocenters. The SMILES string of the molecule is COc1cc(/C=C2\SC(=O)N(CCOc3ccc(Cl)cc3)C2=O)cc(Cl)c1OC(C)C. The molecule has 0 aromatic heterocycles. The van der Waals surface area contributed by atoms with E-state index in [2.05, 4.69) is 0 Å². The molecule has 1 aliphatic heterocycles. The standard InChI is InChI=1S/C22H21Cl2NO5S/c1-13(2)30-20-17(24)10-14(11-18(20)28-3)12-19-21(26)25(22(27)31-19)8-9-29-16-6-4-15(23)5-7-16/h4-7,10-13H,8-9H2,1-3H3/b19-12-. The number of carbonyl (C=O) groups excluding carboxylic acids is 2. The lowest BCUT2D eigenvalue weighted by atomic mass is 10.1. The number of halogens is 2. The third kappa shape index (κ3) is 5.87. The second-order valence-corrected chi connectivity index (χ2v) is 8.67. The number of nitrogens with zero attached hydrogens (tertiary/aromatic N) is 1. The highest BCUT2D eigenvalue weighted by Gasteiger charge is 2.35. The first kappa shape index (κ1) is 23.3. The van der Waals surface area contributed by atoms with E-state index in [1.165, 1.54) is 7.11 Å². The molecule has 2 amide bonds. The molecule has 1 aliphatic rings. The third-order valence-corrected chi connectivity index (χ3v) is 5.61. The maximum atomic E-state index is 12.7. The Morgan fingerprint density at radius 3 is 2.48 bits per heavy atom. The summed E-state index contributed by atoms with van der Waals surface area (Å²) in [6.07, 6.45) is 1.53. The lowest BCUT2D eigenvalue weighted by molar-refractivity contribution is -0.123. The van der Waals surface area contributed by atoms with Gasteiger partial charge in [0.25, 0.3) is 11.1 Å². The van der Waals surface area contributed by atoms with Gasteiger partial charge in [0.1, 0.15) is 12.4 Å². The number of imide groups is 1. The normalized spacial score (nSPS) is 15.2. The lowest BCUT2D eigenvalue weighted by Crippen LogP contribution is -2.32. The van der Waals surface area contributed by atoms with E-state index in [9.17, 15) is 9.59 Å². The maximum absolute atomic E-state index is 12.7. The Labute approximate surface area is 195 Å². The van der Waals surface area contributed by atoms with E-state index in [0.717, 1.165) is 16.7 Å². The summed E-state index contributed by atoms with van der Waals surface area (Å²) >= 11 is 13.1. The average molecular weight is 482 g/mol. The number of thioether (sulfide) groups is 1. The van der Waals surface area contributed by atoms with Crippen LogP contribution < -0.4 is 14.2 Å². The smallest absolute Gasteiger partial charge is 0.293 e. The molecule has 0 unspecified atom stereocenters. The number of methoxy groups -OCH3 is 1. The summed E-state index contributed by atoms with van der Waals surface area (Å²) in [5.74, 6) is 1.11. The van der Waals surface area contributed by atoms with Crippen LogP contribution in [-0.4, -0.2) is 42.4 Å². The summed E-state index contributed by atoms with van der Waals surface area (Å²) < 4.78 is 16.7. The molecule has 2 aromatic carbocycles. The van der Waals surface area contributed by atoms with Crippen molar-refractivity contribution in [1.29, 1.82) is 0 Å². The molecule has 1 heterocycles. The highest BCUT2D eigenvalue weighted by molar-refractivity contribution is 8.18. The summed E-state index contributed by atoms with van der Waals surface area (Å²) in [5, 5.41) is 0.604. The van der Waals surface area contributed by atoms with Gasteiger partial charge < -0.3 is 14.2 Å². The Morgan fingerprint density at radius 1 is 1.13 bits per heavy atom. The van der Waals surface area contributed by atoms with Crippen molar-refractivity contribution in [3.63, 3.8) is 0 Å². The van der Waals surface area contributed by atoms with Gasteiger partial charge in [-0.25, -0.2) is 0 Å². The quantitative estimate of drug-likeness (QED) is 0.437. The van der Waals surface area contributed by atoms with Crippen LogP contribution >= 0.6 is 35.0 Å². The first-order valence-corrected chi connectivity index (χ1v) is 11.0. The lowest BCUT2D eigenvalue weighted by Gasteiger charge is -2.15. The number of hydrogen-bond acceptors (Lipinski definition) is 6. The number of hydrogen-bond donors (Lipinski definition) is 0. The van der Waals surface area contributed by atoms with E-state index in [-0.39, 0.29) is 30.4 Å². The molecule has 2 aromatic rings. The highest BCUT2D eigenvalue weighted by Crippen LogP contribution is 2.39. The van der Waals surface area contributed by atoms with Gasteiger partial charge in [0, 0.05) is 5.02 Å². The van der Waals surface area contributed by atoms with Gasteiger partial charge in [-0.1, -0.05) is 23.2 Å². The van der Waals surface area contributed by atoms with Gasteiger partial charge in [-0.3, -0.25) is 14.5 Å². The average Bonchev–Trinajstić information content (AvgIpc) is 2.98. The van der Waals surface area contributed by atoms with Crippen LogP contribution in [0.4, 0.5) is 4.79 Å². The molecule has 6 nitrogen and oxygen atoms in total. The summed E-state index contributed by atoms with van der Waals surface area (Å²) in [4.78, 5) is 26.5. The van der Waals surface area contributed by atoms with Crippen LogP contribution in [0.1, 0.15) is 19.4 Å². The molecule has 0 aliphatic carbocycles. The third-order valence-electron chi connectivity index (χ3n) is 4.17. The minimum absolute atomic E-state index is 0.0798. The molecule has 0 spiro atoms. The summed E-state index contributed by atoms with van der Waals surface area (Å²) in [6, 6.07) is 10.2. The monoisotopic (exact) mass is 481 g/mol. The molecule has 1 fully saturated rings. The second-order valence-electron chi connectivity index (χ2n) is 6.84. The molecule has 1 saturated heterocycles. The van der Waals surface area contributed by atoms with Crippen molar-refractivity contribution in [3.05, 3.63) is 56.9 Å². The van der Waals surface area contributed by atoms with Crippen molar-refractivity contribution < 1.29 is 23.8 Å². The zero-order chi connectivity index (χ0) is 22.5. The van der Waals surface area contributed by atoms with Crippen molar-refractivity contribution in [1.82, 2.24) is 4.90 Å². The van der Waals surface area contributed by atoms with Crippen molar-refractivity contribution in [3.8, 4) is 17.2 Å². The first-order chi connectivity index (χ1) is 14.8. The summed E-state index contributed by atoms with van der Waals surface area (Å²) in [6.45, 7) is 4.08. The molecule has 0 saturated carbocycles. The van der Waals surface area contributed by atoms with Crippen LogP contribution in [0.25, 0.3) is 6.08 Å². The van der Waals surface area contributed by atoms with Gasteiger partial charge in [-0.15, -0.1) is 0 Å². The van der Waals surface area contributed by atoms with Gasteiger partial charge in [-0.2, -0.15) is 0 Å². The summed E-state index contributed by atoms with van der Waals surface area (Å²) in [7, 11) is 1.51. The number of amides is 2. The molecule has 3 rings (SSSR count). The molecular formula is C22H21Cl2NO5S. The van der Waals surface area contributed by atoms with Gasteiger partial charge in [0.2, 0.25) is 0 Å². The molecule has 9 heteroatoms. The largest absolute Gasteiger partial charge is 0.493 e. The summed E-state index contributed by atoms with van der Waals surface area (Å²) in [5.41, 5.74) is 0.626. The number of carbonyl (C=O) groups is 2. The topological polar surface area (TPSA) is 65.1 Å². The zero-order valence-corrected chi connectivity index (χ0v) is 19.5. The Balaban J connectivity index is 1.70. The van der Waals surface area contributed by atoms with E-state index in [4.69, 9.17) is 37.4 Å². The minimum atomic E-state index is -0.382. The van der Waals surface area contributed by atoms with Crippen molar-refractivity contribution in [2.24, 2.45) is 0 Å². The van der Waals surface area contributed by atoms with Crippen LogP contribution in [0, 0.1) is 0 Å². The van der Waals surface area contributed by atoms with Crippen LogP contribution in [0.2, 0.25) is 10.0 Å². The van der Waals surface area contributed by atoms with Crippen LogP contribution in [0.3, 0.4) is 0 Å². The fraction of sp³-hybridized carbons (Fsp3) is 0.273. The van der Waals surface area contributed by atoms with Gasteiger partial charge >= 0.3 is 0 Å². The van der Waals surface area contributed by atoms with E-state index in [1.54, 1.807) is 42.5 Å². The van der Waals surface area contributed by atoms with Crippen molar-refractivity contribution >= 4 is 52.2 Å². The number of benzene rings is 2. The predicted octanol–water partition coefficient (Wildman–Crippen LogP) is 5.90. The van der Waals surface area contributed by atoms with Gasteiger partial charge in [0.15, 0.2) is 11.5 Å². The molecule has 0 N–H and O–H groups in total. The van der Waals surface area contributed by atoms with Gasteiger partial charge in [-0.05, 0) is 73.6 Å². The van der Waals surface area contributed by atoms with Crippen LogP contribution in [-0.2, 0) is 4.79 Å². The van der Waals surface area contributed by atoms with E-state index in [0.29, 0.717) is 37.8 Å². The minimum Gasteiger partial charge on any atom is -0.493 e. The molecule has 164 valence electrons.